The van der Waals surface area contributed by atoms with E-state index in [1.807, 2.05) is 30.9 Å². The molecule has 0 aromatic heterocycles. The second kappa shape index (κ2) is 8.88. The maximum Gasteiger partial charge on any atom is 0.253 e. The van der Waals surface area contributed by atoms with Crippen molar-refractivity contribution < 1.29 is 9.53 Å². The number of methoxy groups -OCH3 is 1. The van der Waals surface area contributed by atoms with E-state index in [2.05, 4.69) is 48.4 Å². The summed E-state index contributed by atoms with van der Waals surface area (Å²) in [6, 6.07) is 14.7. The molecule has 1 aliphatic carbocycles. The van der Waals surface area contributed by atoms with Gasteiger partial charge in [0.05, 0.1) is 7.11 Å². The zero-order valence-electron chi connectivity index (χ0n) is 19.3. The van der Waals surface area contributed by atoms with E-state index in [-0.39, 0.29) is 11.3 Å². The van der Waals surface area contributed by atoms with Gasteiger partial charge >= 0.3 is 0 Å². The second-order valence-electron chi connectivity index (χ2n) is 8.98. The molecular formula is C27H34N2O2. The number of carbonyl (C=O) groups excluding carboxylic acids is 1. The van der Waals surface area contributed by atoms with Gasteiger partial charge in [0.15, 0.2) is 0 Å². The third kappa shape index (κ3) is 4.27. The molecule has 1 fully saturated rings. The molecule has 2 aromatic rings. The molecule has 0 bridgehead atoms. The molecule has 31 heavy (non-hydrogen) atoms. The van der Waals surface area contributed by atoms with Gasteiger partial charge in [-0.2, -0.15) is 0 Å². The Morgan fingerprint density at radius 2 is 1.74 bits per heavy atom. The molecule has 0 unspecified atom stereocenters. The third-order valence-corrected chi connectivity index (χ3v) is 7.08. The Morgan fingerprint density at radius 3 is 2.35 bits per heavy atom. The number of carbonyl (C=O) groups is 1. The lowest BCUT2D eigenvalue weighted by Gasteiger charge is -2.42. The van der Waals surface area contributed by atoms with Gasteiger partial charge in [-0.3, -0.25) is 4.79 Å². The van der Waals surface area contributed by atoms with Crippen molar-refractivity contribution >= 4 is 11.5 Å². The second-order valence-corrected chi connectivity index (χ2v) is 8.98. The monoisotopic (exact) mass is 418 g/mol. The number of likely N-dealkylation sites (tertiary alicyclic amines) is 1. The van der Waals surface area contributed by atoms with E-state index in [0.29, 0.717) is 0 Å². The predicted octanol–water partition coefficient (Wildman–Crippen LogP) is 4.88. The normalized spacial score (nSPS) is 17.7. The Kier molecular flexibility index (Phi) is 6.19. The van der Waals surface area contributed by atoms with Crippen molar-refractivity contribution in [3.8, 4) is 5.75 Å². The molecule has 4 heteroatoms. The van der Waals surface area contributed by atoms with Gasteiger partial charge in [-0.25, -0.2) is 0 Å². The van der Waals surface area contributed by atoms with Crippen molar-refractivity contribution in [2.75, 3.05) is 40.3 Å². The Hall–Kier alpha value is -2.59. The number of ether oxygens (including phenoxy) is 1. The number of nitrogens with zero attached hydrogens (tertiary/aromatic N) is 2. The highest BCUT2D eigenvalue weighted by atomic mass is 16.5. The van der Waals surface area contributed by atoms with Crippen LogP contribution in [-0.2, 0) is 6.42 Å². The molecule has 1 aliphatic heterocycles. The smallest absolute Gasteiger partial charge is 0.253 e. The van der Waals surface area contributed by atoms with Crippen LogP contribution in [0.4, 0.5) is 0 Å². The molecule has 0 atom stereocenters. The van der Waals surface area contributed by atoms with Crippen molar-refractivity contribution in [1.82, 2.24) is 9.80 Å². The fourth-order valence-electron chi connectivity index (χ4n) is 5.01. The summed E-state index contributed by atoms with van der Waals surface area (Å²) in [6.45, 7) is 7.76. The standard InChI is InChI=1S/C27H34N2O2/c1-5-29(6-2)26(30)21-9-7-20(8-10-21)25-19-27(13-15-28(3)16-14-27)18-22-11-12-23(31-4)17-24(22)25/h7-12,17,19H,5-6,13-16,18H2,1-4H3. The lowest BCUT2D eigenvalue weighted by Crippen LogP contribution is -2.39. The highest BCUT2D eigenvalue weighted by Gasteiger charge is 2.36. The molecule has 1 heterocycles. The number of fused-ring (bicyclic) bond motifs is 1. The van der Waals surface area contributed by atoms with Crippen LogP contribution in [0, 0.1) is 5.41 Å². The molecule has 2 aliphatic rings. The van der Waals surface area contributed by atoms with Gasteiger partial charge in [-0.1, -0.05) is 24.3 Å². The summed E-state index contributed by atoms with van der Waals surface area (Å²) in [6.07, 6.45) is 5.96. The fourth-order valence-corrected chi connectivity index (χ4v) is 5.01. The first-order valence-electron chi connectivity index (χ1n) is 11.5. The lowest BCUT2D eigenvalue weighted by molar-refractivity contribution is 0.0773. The number of piperidine rings is 1. The number of rotatable bonds is 5. The van der Waals surface area contributed by atoms with Gasteiger partial charge < -0.3 is 14.5 Å². The molecule has 1 spiro atoms. The summed E-state index contributed by atoms with van der Waals surface area (Å²) in [7, 11) is 3.94. The van der Waals surface area contributed by atoms with Gasteiger partial charge in [-0.05, 0) is 105 Å². The van der Waals surface area contributed by atoms with Crippen LogP contribution in [-0.4, -0.2) is 56.0 Å². The van der Waals surface area contributed by atoms with Crippen LogP contribution < -0.4 is 4.74 Å². The van der Waals surface area contributed by atoms with Gasteiger partial charge in [-0.15, -0.1) is 0 Å². The Balaban J connectivity index is 1.73. The molecule has 0 radical (unpaired) electrons. The molecule has 4 nitrogen and oxygen atoms in total. The van der Waals surface area contributed by atoms with Crippen LogP contribution in [0.25, 0.3) is 5.57 Å². The first kappa shape index (κ1) is 21.6. The molecule has 0 N–H and O–H groups in total. The van der Waals surface area contributed by atoms with E-state index < -0.39 is 0 Å². The zero-order valence-corrected chi connectivity index (χ0v) is 19.3. The molecule has 1 saturated heterocycles. The quantitative estimate of drug-likeness (QED) is 0.694. The minimum absolute atomic E-state index is 0.100. The highest BCUT2D eigenvalue weighted by molar-refractivity contribution is 5.95. The van der Waals surface area contributed by atoms with E-state index in [9.17, 15) is 4.79 Å². The first-order valence-corrected chi connectivity index (χ1v) is 11.5. The average Bonchev–Trinajstić information content (AvgIpc) is 2.81. The number of hydrogen-bond donors (Lipinski definition) is 0. The van der Waals surface area contributed by atoms with Gasteiger partial charge in [0.2, 0.25) is 0 Å². The van der Waals surface area contributed by atoms with Crippen LogP contribution in [0.3, 0.4) is 0 Å². The summed E-state index contributed by atoms with van der Waals surface area (Å²) in [4.78, 5) is 17.0. The molecule has 1 amide bonds. The molecule has 4 rings (SSSR count). The van der Waals surface area contributed by atoms with Crippen molar-refractivity contribution in [3.05, 3.63) is 70.8 Å². The van der Waals surface area contributed by atoms with Crippen molar-refractivity contribution in [2.45, 2.75) is 33.1 Å². The Labute approximate surface area is 186 Å². The maximum atomic E-state index is 12.7. The fraction of sp³-hybridized carbons (Fsp3) is 0.444. The molecule has 2 aromatic carbocycles. The zero-order chi connectivity index (χ0) is 22.0. The van der Waals surface area contributed by atoms with Crippen LogP contribution in [0.1, 0.15) is 53.7 Å². The maximum absolute atomic E-state index is 12.7. The van der Waals surface area contributed by atoms with Crippen molar-refractivity contribution in [1.29, 1.82) is 0 Å². The van der Waals surface area contributed by atoms with Crippen LogP contribution >= 0.6 is 0 Å². The summed E-state index contributed by atoms with van der Waals surface area (Å²) in [5, 5.41) is 0. The molecule has 164 valence electrons. The first-order chi connectivity index (χ1) is 15.0. The number of amides is 1. The number of hydrogen-bond acceptors (Lipinski definition) is 3. The molecular weight excluding hydrogens is 384 g/mol. The lowest BCUT2D eigenvalue weighted by atomic mass is 9.67. The molecule has 0 saturated carbocycles. The predicted molar refractivity (Wildman–Crippen MR) is 127 cm³/mol. The Bertz CT molecular complexity index is 965. The van der Waals surface area contributed by atoms with Crippen molar-refractivity contribution in [3.63, 3.8) is 0 Å². The van der Waals surface area contributed by atoms with Gasteiger partial charge in [0.25, 0.3) is 5.91 Å². The highest BCUT2D eigenvalue weighted by Crippen LogP contribution is 2.46. The topological polar surface area (TPSA) is 32.8 Å². The third-order valence-electron chi connectivity index (χ3n) is 7.08. The van der Waals surface area contributed by atoms with Crippen LogP contribution in [0.2, 0.25) is 0 Å². The minimum atomic E-state index is 0.100. The number of allylic oxidation sites excluding steroid dienone is 1. The van der Waals surface area contributed by atoms with Gasteiger partial charge in [0.1, 0.15) is 5.75 Å². The average molecular weight is 419 g/mol. The summed E-state index contributed by atoms with van der Waals surface area (Å²) in [5.74, 6) is 0.986. The number of benzene rings is 2. The van der Waals surface area contributed by atoms with E-state index in [1.165, 1.54) is 35.1 Å². The minimum Gasteiger partial charge on any atom is -0.497 e. The largest absolute Gasteiger partial charge is 0.497 e. The van der Waals surface area contributed by atoms with E-state index in [4.69, 9.17) is 4.74 Å². The van der Waals surface area contributed by atoms with E-state index in [0.717, 1.165) is 43.9 Å². The van der Waals surface area contributed by atoms with Crippen LogP contribution in [0.5, 0.6) is 5.75 Å². The van der Waals surface area contributed by atoms with E-state index >= 15 is 0 Å². The summed E-state index contributed by atoms with van der Waals surface area (Å²) >= 11 is 0. The summed E-state index contributed by atoms with van der Waals surface area (Å²) in [5.41, 5.74) is 6.05. The van der Waals surface area contributed by atoms with E-state index in [1.54, 1.807) is 7.11 Å². The SMILES string of the molecule is CCN(CC)C(=O)c1ccc(C2=CC3(CCN(C)CC3)Cc3ccc(OC)cc32)cc1. The van der Waals surface area contributed by atoms with Gasteiger partial charge in [0, 0.05) is 18.7 Å². The summed E-state index contributed by atoms with van der Waals surface area (Å²) < 4.78 is 5.53. The Morgan fingerprint density at radius 1 is 1.06 bits per heavy atom. The van der Waals surface area contributed by atoms with Crippen molar-refractivity contribution in [2.24, 2.45) is 5.41 Å². The van der Waals surface area contributed by atoms with Crippen LogP contribution in [0.15, 0.2) is 48.5 Å².